The lowest BCUT2D eigenvalue weighted by atomic mass is 9.99. The first-order valence-electron chi connectivity index (χ1n) is 6.13. The van der Waals surface area contributed by atoms with Crippen LogP contribution in [-0.2, 0) is 0 Å². The number of thioether (sulfide) groups is 1. The Bertz CT molecular complexity index is 235. The molecule has 0 radical (unpaired) electrons. The fourth-order valence-electron chi connectivity index (χ4n) is 2.23. The summed E-state index contributed by atoms with van der Waals surface area (Å²) >= 11 is 1.86. The molecule has 0 aromatic heterocycles. The van der Waals surface area contributed by atoms with Crippen molar-refractivity contribution in [1.29, 1.82) is 0 Å². The van der Waals surface area contributed by atoms with Crippen LogP contribution in [-0.4, -0.2) is 48.1 Å². The summed E-state index contributed by atoms with van der Waals surface area (Å²) in [7, 11) is 0. The number of nitrogens with zero attached hydrogens (tertiary/aromatic N) is 1. The van der Waals surface area contributed by atoms with Crippen LogP contribution in [0.5, 0.6) is 0 Å². The average Bonchev–Trinajstić information content (AvgIpc) is 2.24. The third-order valence-electron chi connectivity index (χ3n) is 3.13. The van der Waals surface area contributed by atoms with E-state index >= 15 is 0 Å². The van der Waals surface area contributed by atoms with E-state index in [4.69, 9.17) is 6.42 Å². The van der Waals surface area contributed by atoms with E-state index in [0.717, 1.165) is 24.0 Å². The van der Waals surface area contributed by atoms with Gasteiger partial charge in [0.2, 0.25) is 0 Å². The van der Waals surface area contributed by atoms with Gasteiger partial charge in [-0.3, -0.25) is 4.90 Å². The summed E-state index contributed by atoms with van der Waals surface area (Å²) in [6.07, 6.45) is 5.25. The number of nitrogens with one attached hydrogen (secondary N) is 1. The van der Waals surface area contributed by atoms with Gasteiger partial charge in [-0.1, -0.05) is 19.8 Å². The maximum atomic E-state index is 5.25. The van der Waals surface area contributed by atoms with Crippen LogP contribution in [0.4, 0.5) is 0 Å². The van der Waals surface area contributed by atoms with Gasteiger partial charge >= 0.3 is 0 Å². The second kappa shape index (κ2) is 7.21. The van der Waals surface area contributed by atoms with Gasteiger partial charge < -0.3 is 5.32 Å². The monoisotopic (exact) mass is 240 g/mol. The molecule has 2 unspecified atom stereocenters. The minimum absolute atomic E-state index is 0.618. The van der Waals surface area contributed by atoms with Crippen molar-refractivity contribution < 1.29 is 0 Å². The van der Waals surface area contributed by atoms with Crippen LogP contribution in [0, 0.1) is 18.3 Å². The van der Waals surface area contributed by atoms with Crippen LogP contribution in [0.1, 0.15) is 20.8 Å². The van der Waals surface area contributed by atoms with E-state index in [1.54, 1.807) is 0 Å². The molecule has 2 atom stereocenters. The van der Waals surface area contributed by atoms with Gasteiger partial charge in [-0.25, -0.2) is 0 Å². The Morgan fingerprint density at radius 2 is 2.31 bits per heavy atom. The molecule has 1 saturated heterocycles. The van der Waals surface area contributed by atoms with Crippen LogP contribution in [0.25, 0.3) is 0 Å². The van der Waals surface area contributed by atoms with Crippen molar-refractivity contribution in [2.45, 2.75) is 32.9 Å². The molecule has 1 aliphatic heterocycles. The van der Waals surface area contributed by atoms with Crippen LogP contribution in [0.15, 0.2) is 0 Å². The highest BCUT2D eigenvalue weighted by atomic mass is 32.2. The number of piperazine rings is 1. The Morgan fingerprint density at radius 3 is 2.94 bits per heavy atom. The van der Waals surface area contributed by atoms with Gasteiger partial charge in [-0.05, 0) is 12.8 Å². The molecule has 1 fully saturated rings. The fraction of sp³-hybridized carbons (Fsp3) is 0.846. The lowest BCUT2D eigenvalue weighted by Crippen LogP contribution is -2.57. The lowest BCUT2D eigenvalue weighted by Gasteiger charge is -2.41. The van der Waals surface area contributed by atoms with Gasteiger partial charge in [-0.15, -0.1) is 18.2 Å². The molecule has 2 nitrogen and oxygen atoms in total. The van der Waals surface area contributed by atoms with E-state index in [9.17, 15) is 0 Å². The third kappa shape index (κ3) is 4.37. The highest BCUT2D eigenvalue weighted by molar-refractivity contribution is 7.99. The second-order valence-corrected chi connectivity index (χ2v) is 5.98. The molecule has 0 spiro atoms. The van der Waals surface area contributed by atoms with Crippen LogP contribution < -0.4 is 5.32 Å². The molecule has 0 aliphatic carbocycles. The predicted octanol–water partition coefficient (Wildman–Crippen LogP) is 1.67. The van der Waals surface area contributed by atoms with Crippen molar-refractivity contribution in [2.24, 2.45) is 5.92 Å². The van der Waals surface area contributed by atoms with Crippen LogP contribution in [0.2, 0.25) is 0 Å². The van der Waals surface area contributed by atoms with E-state index in [1.807, 2.05) is 11.8 Å². The Kier molecular flexibility index (Phi) is 6.26. The molecule has 0 bridgehead atoms. The molecule has 1 heterocycles. The first-order chi connectivity index (χ1) is 7.65. The largest absolute Gasteiger partial charge is 0.311 e. The molecular weight excluding hydrogens is 216 g/mol. The van der Waals surface area contributed by atoms with Gasteiger partial charge in [0.1, 0.15) is 0 Å². The predicted molar refractivity (Wildman–Crippen MR) is 73.8 cm³/mol. The standard InChI is InChI=1S/C13H24N2S/c1-5-7-16-8-6-15-10-12(4)14-9-13(15)11(2)3/h1,11-14H,6-10H2,2-4H3. The Balaban J connectivity index is 2.36. The molecule has 0 amide bonds. The highest BCUT2D eigenvalue weighted by Gasteiger charge is 2.27. The molecule has 1 rings (SSSR count). The lowest BCUT2D eigenvalue weighted by molar-refractivity contribution is 0.110. The maximum Gasteiger partial charge on any atom is 0.0545 e. The van der Waals surface area contributed by atoms with E-state index in [2.05, 4.69) is 36.9 Å². The Labute approximate surface area is 105 Å². The van der Waals surface area contributed by atoms with E-state index < -0.39 is 0 Å². The molecule has 0 saturated carbocycles. The molecule has 0 aromatic rings. The first kappa shape index (κ1) is 13.9. The zero-order valence-electron chi connectivity index (χ0n) is 10.7. The fourth-order valence-corrected chi connectivity index (χ4v) is 2.86. The summed E-state index contributed by atoms with van der Waals surface area (Å²) in [5.41, 5.74) is 0. The molecule has 16 heavy (non-hydrogen) atoms. The summed E-state index contributed by atoms with van der Waals surface area (Å²) in [5, 5.41) is 3.56. The molecule has 1 aliphatic rings. The average molecular weight is 240 g/mol. The number of hydrogen-bond donors (Lipinski definition) is 1. The minimum atomic E-state index is 0.618. The van der Waals surface area contributed by atoms with Crippen molar-refractivity contribution in [2.75, 3.05) is 31.1 Å². The van der Waals surface area contributed by atoms with Crippen molar-refractivity contribution in [1.82, 2.24) is 10.2 Å². The molecule has 3 heteroatoms. The Morgan fingerprint density at radius 1 is 1.56 bits per heavy atom. The van der Waals surface area contributed by atoms with E-state index in [1.165, 1.54) is 13.1 Å². The summed E-state index contributed by atoms with van der Waals surface area (Å²) in [4.78, 5) is 2.62. The third-order valence-corrected chi connectivity index (χ3v) is 3.97. The van der Waals surface area contributed by atoms with E-state index in [-0.39, 0.29) is 0 Å². The zero-order valence-corrected chi connectivity index (χ0v) is 11.5. The minimum Gasteiger partial charge on any atom is -0.311 e. The highest BCUT2D eigenvalue weighted by Crippen LogP contribution is 2.15. The zero-order chi connectivity index (χ0) is 12.0. The summed E-state index contributed by atoms with van der Waals surface area (Å²) < 4.78 is 0. The van der Waals surface area contributed by atoms with Crippen LogP contribution in [0.3, 0.4) is 0 Å². The normalized spacial score (nSPS) is 26.9. The molecule has 0 aromatic carbocycles. The summed E-state index contributed by atoms with van der Waals surface area (Å²) in [6, 6.07) is 1.30. The molecular formula is C13H24N2S. The van der Waals surface area contributed by atoms with Crippen LogP contribution >= 0.6 is 11.8 Å². The number of rotatable bonds is 5. The number of hydrogen-bond acceptors (Lipinski definition) is 3. The summed E-state index contributed by atoms with van der Waals surface area (Å²) in [5.74, 6) is 5.39. The molecule has 92 valence electrons. The Hall–Kier alpha value is -0.170. The molecule has 1 N–H and O–H groups in total. The quantitative estimate of drug-likeness (QED) is 0.581. The van der Waals surface area contributed by atoms with E-state index in [0.29, 0.717) is 12.1 Å². The van der Waals surface area contributed by atoms with Gasteiger partial charge in [0.15, 0.2) is 0 Å². The van der Waals surface area contributed by atoms with Crippen molar-refractivity contribution in [3.05, 3.63) is 0 Å². The SMILES string of the molecule is C#CCSCCN1CC(C)NCC1C(C)C. The second-order valence-electron chi connectivity index (χ2n) is 4.87. The van der Waals surface area contributed by atoms with Gasteiger partial charge in [0.05, 0.1) is 5.75 Å². The first-order valence-corrected chi connectivity index (χ1v) is 7.29. The topological polar surface area (TPSA) is 15.3 Å². The van der Waals surface area contributed by atoms with Crippen molar-refractivity contribution in [3.8, 4) is 12.3 Å². The maximum absolute atomic E-state index is 5.25. The van der Waals surface area contributed by atoms with Crippen molar-refractivity contribution >= 4 is 11.8 Å². The van der Waals surface area contributed by atoms with Gasteiger partial charge in [0.25, 0.3) is 0 Å². The van der Waals surface area contributed by atoms with Crippen molar-refractivity contribution in [3.63, 3.8) is 0 Å². The smallest absolute Gasteiger partial charge is 0.0545 e. The number of terminal acetylenes is 1. The van der Waals surface area contributed by atoms with Gasteiger partial charge in [0, 0.05) is 37.5 Å². The summed E-state index contributed by atoms with van der Waals surface area (Å²) in [6.45, 7) is 10.3. The van der Waals surface area contributed by atoms with Gasteiger partial charge in [-0.2, -0.15) is 0 Å².